The lowest BCUT2D eigenvalue weighted by Crippen LogP contribution is -2.60. The first-order valence-corrected chi connectivity index (χ1v) is 13.6. The highest BCUT2D eigenvalue weighted by Crippen LogP contribution is 2.44. The first-order valence-electron chi connectivity index (χ1n) is 11.9. The maximum Gasteiger partial charge on any atom is 0.270 e. The SMILES string of the molecule is C=C1N[C@@]2(CCCc3ccc(N)cc32)CS(=O)(=O)C1(C)C.F.FF.O=C1CCCc2ccc([N+](=O)[O-])cc21. The third kappa shape index (κ3) is 5.69. The van der Waals surface area contributed by atoms with Gasteiger partial charge in [0.1, 0.15) is 4.75 Å². The van der Waals surface area contributed by atoms with E-state index in [9.17, 15) is 23.3 Å². The van der Waals surface area contributed by atoms with Gasteiger partial charge >= 0.3 is 0 Å². The Morgan fingerprint density at radius 2 is 1.68 bits per heavy atom. The highest BCUT2D eigenvalue weighted by molar-refractivity contribution is 7.93. The number of rotatable bonds is 1. The van der Waals surface area contributed by atoms with E-state index < -0.39 is 25.0 Å². The lowest BCUT2D eigenvalue weighted by molar-refractivity contribution is -0.384. The van der Waals surface area contributed by atoms with Gasteiger partial charge in [-0.05, 0) is 74.8 Å². The van der Waals surface area contributed by atoms with Gasteiger partial charge in [-0.3, -0.25) is 19.6 Å². The zero-order chi connectivity index (χ0) is 27.6. The lowest BCUT2D eigenvalue weighted by Gasteiger charge is -2.48. The van der Waals surface area contributed by atoms with E-state index in [0.29, 0.717) is 23.4 Å². The van der Waals surface area contributed by atoms with E-state index in [1.165, 1.54) is 17.7 Å². The largest absolute Gasteiger partial charge is 0.399 e. The van der Waals surface area contributed by atoms with Gasteiger partial charge in [0.25, 0.3) is 5.69 Å². The Morgan fingerprint density at radius 1 is 1.05 bits per heavy atom. The first kappa shape index (κ1) is 30.8. The van der Waals surface area contributed by atoms with Crippen LogP contribution in [0.2, 0.25) is 0 Å². The second kappa shape index (κ2) is 11.5. The molecule has 1 saturated heterocycles. The number of carbonyl (C=O) groups is 1. The summed E-state index contributed by atoms with van der Waals surface area (Å²) in [6, 6.07) is 10.3. The van der Waals surface area contributed by atoms with Gasteiger partial charge in [0.15, 0.2) is 15.6 Å². The standard InChI is InChI=1S/C16H22N2O2S.C10H9NO3.F2.FH/c1-11-15(2,3)21(19,20)10-16(18-11)8-4-5-12-6-7-13(17)9-14(12)16;12-10-3-1-2-7-4-5-8(11(13)14)6-9(7)10;1-2;/h6-7,9,18H,1,4-5,8,10,17H2,2-3H3;4-6H,1-3H2;;1H/t16-;;;/m0.../s1. The summed E-state index contributed by atoms with van der Waals surface area (Å²) in [5.74, 6) is 0.123. The highest BCUT2D eigenvalue weighted by atomic mass is 32.2. The molecule has 1 atom stereocenters. The molecule has 0 aromatic heterocycles. The maximum atomic E-state index is 12.7. The number of ketones is 1. The van der Waals surface area contributed by atoms with Crippen LogP contribution >= 0.6 is 0 Å². The fourth-order valence-corrected chi connectivity index (χ4v) is 6.96. The Hall–Kier alpha value is -3.41. The van der Waals surface area contributed by atoms with Crippen molar-refractivity contribution in [3.05, 3.63) is 81.0 Å². The Bertz CT molecular complexity index is 1350. The molecule has 0 radical (unpaired) electrons. The summed E-state index contributed by atoms with van der Waals surface area (Å²) in [5.41, 5.74) is 10.3. The molecule has 38 heavy (non-hydrogen) atoms. The van der Waals surface area contributed by atoms with Gasteiger partial charge in [-0.1, -0.05) is 18.7 Å². The van der Waals surface area contributed by atoms with Crippen LogP contribution in [0, 0.1) is 10.1 Å². The van der Waals surface area contributed by atoms with Gasteiger partial charge in [0.2, 0.25) is 0 Å². The molecule has 3 aliphatic rings. The molecule has 1 fully saturated rings. The number of nitrogen functional groups attached to an aromatic ring is 1. The number of carbonyl (C=O) groups excluding carboxylic acids is 1. The Labute approximate surface area is 219 Å². The molecule has 0 saturated carbocycles. The molecular weight excluding hydrogens is 523 g/mol. The van der Waals surface area contributed by atoms with E-state index in [4.69, 9.17) is 14.9 Å². The van der Waals surface area contributed by atoms with Crippen LogP contribution in [-0.2, 0) is 28.2 Å². The average Bonchev–Trinajstić information content (AvgIpc) is 2.85. The average molecular weight is 556 g/mol. The number of aryl methyl sites for hydroxylation is 2. The van der Waals surface area contributed by atoms with E-state index in [1.54, 1.807) is 19.9 Å². The molecule has 1 aliphatic heterocycles. The van der Waals surface area contributed by atoms with Gasteiger partial charge in [0.05, 0.1) is 16.2 Å². The van der Waals surface area contributed by atoms with Crippen molar-refractivity contribution in [2.24, 2.45) is 0 Å². The normalized spacial score (nSPS) is 22.1. The van der Waals surface area contributed by atoms with E-state index >= 15 is 0 Å². The minimum Gasteiger partial charge on any atom is -0.399 e. The number of nitro benzene ring substituents is 1. The van der Waals surface area contributed by atoms with Crippen LogP contribution < -0.4 is 11.1 Å². The monoisotopic (exact) mass is 555 g/mol. The molecule has 0 unspecified atom stereocenters. The molecule has 3 N–H and O–H groups in total. The zero-order valence-electron chi connectivity index (χ0n) is 21.3. The summed E-state index contributed by atoms with van der Waals surface area (Å²) in [6.45, 7) is 7.42. The third-order valence-corrected chi connectivity index (χ3v) is 10.2. The predicted molar refractivity (Wildman–Crippen MR) is 141 cm³/mol. The van der Waals surface area contributed by atoms with Crippen molar-refractivity contribution >= 4 is 27.0 Å². The van der Waals surface area contributed by atoms with Crippen molar-refractivity contribution in [1.29, 1.82) is 0 Å². The van der Waals surface area contributed by atoms with Gasteiger partial charge in [0, 0.05) is 44.6 Å². The fraction of sp³-hybridized carbons (Fsp3) is 0.423. The van der Waals surface area contributed by atoms with Crippen molar-refractivity contribution in [1.82, 2.24) is 5.32 Å². The number of Topliss-reactive ketones (excluding diaryl/α,β-unsaturated/α-hetero) is 1. The first-order chi connectivity index (χ1) is 17.4. The van der Waals surface area contributed by atoms with Crippen LogP contribution in [0.4, 0.5) is 25.2 Å². The van der Waals surface area contributed by atoms with Crippen molar-refractivity contribution in [3.63, 3.8) is 0 Å². The predicted octanol–water partition coefficient (Wildman–Crippen LogP) is 5.22. The van der Waals surface area contributed by atoms with Crippen LogP contribution in [0.5, 0.6) is 0 Å². The molecule has 2 aromatic carbocycles. The fourth-order valence-electron chi connectivity index (χ4n) is 5.15. The summed E-state index contributed by atoms with van der Waals surface area (Å²) < 4.78 is 40.6. The minimum absolute atomic E-state index is 0. The number of hydrogen-bond donors (Lipinski definition) is 2. The van der Waals surface area contributed by atoms with Gasteiger partial charge in [-0.2, -0.15) is 0 Å². The molecule has 8 nitrogen and oxygen atoms in total. The van der Waals surface area contributed by atoms with Gasteiger partial charge in [-0.15, -0.1) is 0 Å². The summed E-state index contributed by atoms with van der Waals surface area (Å²) in [5, 5.41) is 13.9. The second-order valence-electron chi connectivity index (χ2n) is 10.1. The molecule has 208 valence electrons. The minimum atomic E-state index is -3.28. The highest BCUT2D eigenvalue weighted by Gasteiger charge is 2.52. The van der Waals surface area contributed by atoms with Crippen LogP contribution in [0.15, 0.2) is 48.7 Å². The Morgan fingerprint density at radius 3 is 2.32 bits per heavy atom. The number of benzene rings is 2. The molecule has 2 aliphatic carbocycles. The Kier molecular flexibility index (Phi) is 9.36. The number of nitrogens with two attached hydrogens (primary N) is 1. The van der Waals surface area contributed by atoms with E-state index in [2.05, 4.69) is 11.9 Å². The lowest BCUT2D eigenvalue weighted by atomic mass is 9.76. The number of halogens is 3. The molecule has 12 heteroatoms. The summed E-state index contributed by atoms with van der Waals surface area (Å²) in [6.07, 6.45) is 4.93. The topological polar surface area (TPSA) is 132 Å². The van der Waals surface area contributed by atoms with Crippen LogP contribution in [0.3, 0.4) is 0 Å². The quantitative estimate of drug-likeness (QED) is 0.280. The van der Waals surface area contributed by atoms with Crippen LogP contribution in [-0.4, -0.2) is 29.6 Å². The molecule has 0 amide bonds. The van der Waals surface area contributed by atoms with E-state index in [-0.39, 0.29) is 21.9 Å². The number of nitrogens with zero attached hydrogens (tertiary/aromatic N) is 1. The molecule has 5 rings (SSSR count). The van der Waals surface area contributed by atoms with Crippen molar-refractivity contribution in [3.8, 4) is 0 Å². The third-order valence-electron chi connectivity index (χ3n) is 7.48. The number of fused-ring (bicyclic) bond motifs is 3. The van der Waals surface area contributed by atoms with Crippen molar-refractivity contribution in [2.45, 2.75) is 62.7 Å². The van der Waals surface area contributed by atoms with Crippen LogP contribution in [0.25, 0.3) is 0 Å². The van der Waals surface area contributed by atoms with Crippen molar-refractivity contribution in [2.75, 3.05) is 11.5 Å². The molecule has 1 spiro atoms. The molecule has 1 heterocycles. The number of non-ortho nitro benzene ring substituents is 1. The van der Waals surface area contributed by atoms with Crippen molar-refractivity contribution < 1.29 is 32.0 Å². The second-order valence-corrected chi connectivity index (χ2v) is 12.6. The summed E-state index contributed by atoms with van der Waals surface area (Å²) in [7, 11) is -3.28. The summed E-state index contributed by atoms with van der Waals surface area (Å²) in [4.78, 5) is 21.5. The molecular formula is C26H32F3N3O5S. The van der Waals surface area contributed by atoms with E-state index in [1.807, 2.05) is 18.2 Å². The van der Waals surface area contributed by atoms with Crippen LogP contribution in [0.1, 0.15) is 66.6 Å². The number of nitrogens with one attached hydrogen (secondary N) is 1. The summed E-state index contributed by atoms with van der Waals surface area (Å²) >= 11 is 0. The molecule has 2 aromatic rings. The number of hydrogen-bond acceptors (Lipinski definition) is 7. The number of sulfone groups is 1. The zero-order valence-corrected chi connectivity index (χ0v) is 22.1. The smallest absolute Gasteiger partial charge is 0.270 e. The maximum absolute atomic E-state index is 12.7. The van der Waals surface area contributed by atoms with E-state index in [0.717, 1.165) is 43.2 Å². The Balaban J connectivity index is 0.000000261. The molecule has 0 bridgehead atoms. The number of nitro groups is 1. The number of anilines is 1. The van der Waals surface area contributed by atoms with Gasteiger partial charge < -0.3 is 11.1 Å². The van der Waals surface area contributed by atoms with Gasteiger partial charge in [-0.25, -0.2) is 8.42 Å².